The summed E-state index contributed by atoms with van der Waals surface area (Å²) in [6, 6.07) is 13.3. The average molecular weight is 388 g/mol. The molecule has 0 aromatic heterocycles. The molecule has 0 unspecified atom stereocenters. The summed E-state index contributed by atoms with van der Waals surface area (Å²) in [5.41, 5.74) is 1.22. The van der Waals surface area contributed by atoms with Crippen molar-refractivity contribution < 1.29 is 17.9 Å². The van der Waals surface area contributed by atoms with E-state index < -0.39 is 16.1 Å². The number of benzene rings is 2. The Morgan fingerprint density at radius 2 is 1.89 bits per heavy atom. The summed E-state index contributed by atoms with van der Waals surface area (Å²) in [5.74, 6) is 0.860. The minimum Gasteiger partial charge on any atom is -0.481 e. The lowest BCUT2D eigenvalue weighted by atomic mass is 10.1. The number of carbonyl (C=O) groups excluding carboxylic acids is 1. The van der Waals surface area contributed by atoms with Crippen molar-refractivity contribution in [2.45, 2.75) is 38.3 Å². The zero-order chi connectivity index (χ0) is 19.6. The first-order valence-electron chi connectivity index (χ1n) is 8.92. The molecule has 0 radical (unpaired) electrons. The van der Waals surface area contributed by atoms with E-state index in [-0.39, 0.29) is 10.8 Å². The van der Waals surface area contributed by atoms with E-state index in [0.717, 1.165) is 5.56 Å². The molecule has 1 amide bonds. The van der Waals surface area contributed by atoms with Gasteiger partial charge >= 0.3 is 0 Å². The number of carbonyl (C=O) groups is 1. The van der Waals surface area contributed by atoms with Crippen molar-refractivity contribution in [3.63, 3.8) is 0 Å². The zero-order valence-electron chi connectivity index (χ0n) is 15.7. The Kier molecular flexibility index (Phi) is 5.41. The van der Waals surface area contributed by atoms with Crippen LogP contribution >= 0.6 is 0 Å². The molecule has 0 bridgehead atoms. The summed E-state index contributed by atoms with van der Waals surface area (Å²) >= 11 is 0. The molecule has 0 spiro atoms. The van der Waals surface area contributed by atoms with Crippen LogP contribution in [0.25, 0.3) is 0 Å². The van der Waals surface area contributed by atoms with Gasteiger partial charge in [0.1, 0.15) is 5.75 Å². The number of amides is 1. The molecule has 1 aliphatic heterocycles. The van der Waals surface area contributed by atoms with Gasteiger partial charge in [-0.2, -0.15) is 0 Å². The second-order valence-electron chi connectivity index (χ2n) is 7.11. The Hall–Kier alpha value is -2.54. The molecule has 1 N–H and O–H groups in total. The van der Waals surface area contributed by atoms with Crippen molar-refractivity contribution in [2.24, 2.45) is 5.92 Å². The molecular formula is C20H24N2O4S. The normalized spacial score (nSPS) is 17.3. The van der Waals surface area contributed by atoms with Gasteiger partial charge in [-0.15, -0.1) is 0 Å². The zero-order valence-corrected chi connectivity index (χ0v) is 16.5. The van der Waals surface area contributed by atoms with Crippen LogP contribution in [-0.2, 0) is 21.4 Å². The molecule has 6 nitrogen and oxygen atoms in total. The molecule has 27 heavy (non-hydrogen) atoms. The summed E-state index contributed by atoms with van der Waals surface area (Å²) < 4.78 is 33.5. The van der Waals surface area contributed by atoms with E-state index in [2.05, 4.69) is 18.6 Å². The van der Waals surface area contributed by atoms with Crippen molar-refractivity contribution in [1.29, 1.82) is 0 Å². The summed E-state index contributed by atoms with van der Waals surface area (Å²) in [6.07, 6.45) is -0.572. The third kappa shape index (κ3) is 4.42. The fraction of sp³-hybridized carbons (Fsp3) is 0.350. The van der Waals surface area contributed by atoms with Crippen LogP contribution in [-0.4, -0.2) is 31.9 Å². The molecule has 3 rings (SSSR count). The van der Waals surface area contributed by atoms with Gasteiger partial charge < -0.3 is 9.64 Å². The Bertz CT molecular complexity index is 926. The van der Waals surface area contributed by atoms with Gasteiger partial charge in [0.05, 0.1) is 4.90 Å². The highest BCUT2D eigenvalue weighted by Crippen LogP contribution is 2.30. The minimum atomic E-state index is -3.67. The summed E-state index contributed by atoms with van der Waals surface area (Å²) in [4.78, 5) is 14.5. The molecule has 7 heteroatoms. The van der Waals surface area contributed by atoms with E-state index in [1.807, 2.05) is 0 Å². The SMILES string of the molecule is CC(C)CN1Cc2cc(NS(=O)(=O)c3ccccc3)ccc2O[C@H](C)C1=O. The Balaban J connectivity index is 1.89. The van der Waals surface area contributed by atoms with E-state index >= 15 is 0 Å². The average Bonchev–Trinajstić information content (AvgIpc) is 2.72. The van der Waals surface area contributed by atoms with Gasteiger partial charge in [-0.1, -0.05) is 32.0 Å². The number of sulfonamides is 1. The van der Waals surface area contributed by atoms with E-state index in [1.54, 1.807) is 60.4 Å². The Morgan fingerprint density at radius 3 is 2.56 bits per heavy atom. The van der Waals surface area contributed by atoms with E-state index in [0.29, 0.717) is 30.4 Å². The molecule has 0 fully saturated rings. The molecular weight excluding hydrogens is 364 g/mol. The van der Waals surface area contributed by atoms with Crippen molar-refractivity contribution in [3.05, 3.63) is 54.1 Å². The lowest BCUT2D eigenvalue weighted by Crippen LogP contribution is -2.39. The van der Waals surface area contributed by atoms with E-state index in [4.69, 9.17) is 4.74 Å². The Labute approximate surface area is 160 Å². The van der Waals surface area contributed by atoms with Crippen LogP contribution in [0.2, 0.25) is 0 Å². The van der Waals surface area contributed by atoms with Crippen LogP contribution in [0, 0.1) is 5.92 Å². The van der Waals surface area contributed by atoms with E-state index in [9.17, 15) is 13.2 Å². The predicted molar refractivity (Wildman–Crippen MR) is 104 cm³/mol. The predicted octanol–water partition coefficient (Wildman–Crippen LogP) is 3.25. The van der Waals surface area contributed by atoms with Crippen LogP contribution in [0.5, 0.6) is 5.75 Å². The molecule has 0 aliphatic carbocycles. The topological polar surface area (TPSA) is 75.7 Å². The van der Waals surface area contributed by atoms with Crippen LogP contribution in [0.3, 0.4) is 0 Å². The summed E-state index contributed by atoms with van der Waals surface area (Å²) in [5, 5.41) is 0. The molecule has 1 aliphatic rings. The van der Waals surface area contributed by atoms with E-state index in [1.165, 1.54) is 0 Å². The maximum atomic E-state index is 12.5. The molecule has 0 saturated carbocycles. The fourth-order valence-corrected chi connectivity index (χ4v) is 4.14. The number of hydrogen-bond donors (Lipinski definition) is 1. The second kappa shape index (κ2) is 7.60. The highest BCUT2D eigenvalue weighted by Gasteiger charge is 2.28. The number of ether oxygens (including phenoxy) is 1. The van der Waals surface area contributed by atoms with Crippen LogP contribution in [0.1, 0.15) is 26.3 Å². The maximum Gasteiger partial charge on any atom is 0.263 e. The number of nitrogens with zero attached hydrogens (tertiary/aromatic N) is 1. The molecule has 2 aromatic carbocycles. The molecule has 1 heterocycles. The first-order chi connectivity index (χ1) is 12.8. The van der Waals surface area contributed by atoms with Crippen LogP contribution in [0.4, 0.5) is 5.69 Å². The molecule has 1 atom stereocenters. The largest absolute Gasteiger partial charge is 0.481 e. The number of anilines is 1. The fourth-order valence-electron chi connectivity index (χ4n) is 3.07. The molecule has 144 valence electrons. The number of fused-ring (bicyclic) bond motifs is 1. The first-order valence-corrected chi connectivity index (χ1v) is 10.4. The van der Waals surface area contributed by atoms with Crippen LogP contribution in [0.15, 0.2) is 53.4 Å². The Morgan fingerprint density at radius 1 is 1.19 bits per heavy atom. The van der Waals surface area contributed by atoms with Gasteiger partial charge in [0.15, 0.2) is 6.10 Å². The maximum absolute atomic E-state index is 12.5. The third-order valence-electron chi connectivity index (χ3n) is 4.28. The van der Waals surface area contributed by atoms with Gasteiger partial charge in [0, 0.05) is 24.3 Å². The quantitative estimate of drug-likeness (QED) is 0.853. The van der Waals surface area contributed by atoms with Crippen LogP contribution < -0.4 is 9.46 Å². The van der Waals surface area contributed by atoms with Crippen molar-refractivity contribution >= 4 is 21.6 Å². The van der Waals surface area contributed by atoms with Gasteiger partial charge in [-0.25, -0.2) is 8.42 Å². The van der Waals surface area contributed by atoms with Crippen molar-refractivity contribution in [1.82, 2.24) is 4.90 Å². The highest BCUT2D eigenvalue weighted by atomic mass is 32.2. The minimum absolute atomic E-state index is 0.0636. The second-order valence-corrected chi connectivity index (χ2v) is 8.80. The van der Waals surface area contributed by atoms with Gasteiger partial charge in [0.25, 0.3) is 15.9 Å². The molecule has 2 aromatic rings. The van der Waals surface area contributed by atoms with Crippen molar-refractivity contribution in [2.75, 3.05) is 11.3 Å². The molecule has 0 saturated heterocycles. The van der Waals surface area contributed by atoms with Crippen molar-refractivity contribution in [3.8, 4) is 5.75 Å². The number of hydrogen-bond acceptors (Lipinski definition) is 4. The highest BCUT2D eigenvalue weighted by molar-refractivity contribution is 7.92. The number of nitrogens with one attached hydrogen (secondary N) is 1. The summed E-state index contributed by atoms with van der Waals surface area (Å²) in [6.45, 7) is 6.84. The van der Waals surface area contributed by atoms with Gasteiger partial charge in [0.2, 0.25) is 0 Å². The monoisotopic (exact) mass is 388 g/mol. The lowest BCUT2D eigenvalue weighted by Gasteiger charge is -2.24. The van der Waals surface area contributed by atoms with Gasteiger partial charge in [-0.05, 0) is 43.2 Å². The summed E-state index contributed by atoms with van der Waals surface area (Å²) in [7, 11) is -3.67. The lowest BCUT2D eigenvalue weighted by molar-refractivity contribution is -0.138. The third-order valence-corrected chi connectivity index (χ3v) is 5.67. The number of rotatable bonds is 5. The standard InChI is InChI=1S/C20H24N2O4S/c1-14(2)12-22-13-16-11-17(9-10-19(16)26-15(3)20(22)23)21-27(24,25)18-7-5-4-6-8-18/h4-11,14-15,21H,12-13H2,1-3H3/t15-/m1/s1. The first kappa shape index (κ1) is 19.2. The smallest absolute Gasteiger partial charge is 0.263 e. The van der Waals surface area contributed by atoms with Gasteiger partial charge in [-0.3, -0.25) is 9.52 Å².